The summed E-state index contributed by atoms with van der Waals surface area (Å²) in [5, 5.41) is 1.15. The van der Waals surface area contributed by atoms with Crippen LogP contribution in [-0.2, 0) is 6.42 Å². The van der Waals surface area contributed by atoms with E-state index >= 15 is 0 Å². The highest BCUT2D eigenvalue weighted by Crippen LogP contribution is 2.46. The molecular weight excluding hydrogens is 390 g/mol. The van der Waals surface area contributed by atoms with E-state index in [1.807, 2.05) is 12.3 Å². The van der Waals surface area contributed by atoms with Gasteiger partial charge >= 0.3 is 0 Å². The molecule has 0 amide bonds. The zero-order valence-electron chi connectivity index (χ0n) is 19.5. The Labute approximate surface area is 193 Å². The van der Waals surface area contributed by atoms with Crippen LogP contribution in [0.1, 0.15) is 81.9 Å². The largest absolute Gasteiger partial charge is 0.484 e. The van der Waals surface area contributed by atoms with Crippen molar-refractivity contribution < 1.29 is 4.74 Å². The zero-order chi connectivity index (χ0) is 21.8. The second kappa shape index (κ2) is 10.1. The first-order valence-corrected chi connectivity index (χ1v) is 12.9. The van der Waals surface area contributed by atoms with Gasteiger partial charge in [0.05, 0.1) is 11.7 Å². The van der Waals surface area contributed by atoms with Gasteiger partial charge in [0.2, 0.25) is 0 Å². The van der Waals surface area contributed by atoms with Gasteiger partial charge in [0.25, 0.3) is 0 Å². The summed E-state index contributed by atoms with van der Waals surface area (Å²) >= 11 is 0. The van der Waals surface area contributed by atoms with Crippen molar-refractivity contribution in [2.24, 2.45) is 17.8 Å². The maximum absolute atomic E-state index is 6.85. The van der Waals surface area contributed by atoms with Crippen LogP contribution in [0.15, 0.2) is 60.8 Å². The topological polar surface area (TPSA) is 22.1 Å². The molecule has 3 aromatic rings. The second-order valence-corrected chi connectivity index (χ2v) is 10.1. The van der Waals surface area contributed by atoms with E-state index in [1.165, 1.54) is 75.3 Å². The molecule has 2 aliphatic rings. The molecule has 32 heavy (non-hydrogen) atoms. The fraction of sp³-hybridized carbons (Fsp3) is 0.500. The summed E-state index contributed by atoms with van der Waals surface area (Å²) < 4.78 is 6.85. The number of rotatable bonds is 6. The molecule has 5 rings (SSSR count). The fourth-order valence-corrected chi connectivity index (χ4v) is 6.29. The number of aryl methyl sites for hydroxylation is 1. The monoisotopic (exact) mass is 427 g/mol. The Morgan fingerprint density at radius 2 is 1.81 bits per heavy atom. The number of pyridine rings is 1. The number of unbranched alkanes of at least 4 members (excludes halogenated alkanes) is 1. The molecule has 2 aliphatic carbocycles. The average molecular weight is 428 g/mol. The number of ether oxygens (including phenoxy) is 1. The first kappa shape index (κ1) is 21.5. The van der Waals surface area contributed by atoms with E-state index in [1.54, 1.807) is 0 Å². The minimum Gasteiger partial charge on any atom is -0.484 e. The number of fused-ring (bicyclic) bond motifs is 2. The summed E-state index contributed by atoms with van der Waals surface area (Å²) in [6.45, 7) is 2.33. The second-order valence-electron chi connectivity index (χ2n) is 10.1. The third kappa shape index (κ3) is 4.70. The van der Waals surface area contributed by atoms with Crippen molar-refractivity contribution in [3.63, 3.8) is 0 Å². The summed E-state index contributed by atoms with van der Waals surface area (Å²) in [4.78, 5) is 4.68. The Bertz CT molecular complexity index is 1030. The van der Waals surface area contributed by atoms with E-state index in [9.17, 15) is 0 Å². The van der Waals surface area contributed by atoms with E-state index in [2.05, 4.69) is 60.4 Å². The van der Waals surface area contributed by atoms with Crippen molar-refractivity contribution >= 4 is 10.9 Å². The number of benzene rings is 2. The van der Waals surface area contributed by atoms with Crippen LogP contribution in [-0.4, -0.2) is 4.98 Å². The Balaban J connectivity index is 1.44. The van der Waals surface area contributed by atoms with Gasteiger partial charge in [-0.15, -0.1) is 0 Å². The molecule has 1 aromatic heterocycles. The van der Waals surface area contributed by atoms with Crippen molar-refractivity contribution in [1.29, 1.82) is 0 Å². The van der Waals surface area contributed by atoms with Crippen molar-refractivity contribution in [2.45, 2.75) is 77.2 Å². The summed E-state index contributed by atoms with van der Waals surface area (Å²) in [7, 11) is 0. The summed E-state index contributed by atoms with van der Waals surface area (Å²) in [5.74, 6) is 3.18. The van der Waals surface area contributed by atoms with Gasteiger partial charge in [-0.25, -0.2) is 0 Å². The smallest absolute Gasteiger partial charge is 0.139 e. The van der Waals surface area contributed by atoms with Gasteiger partial charge in [0.1, 0.15) is 11.9 Å². The number of para-hydroxylation sites is 1. The predicted molar refractivity (Wildman–Crippen MR) is 133 cm³/mol. The first-order valence-electron chi connectivity index (χ1n) is 12.9. The Hall–Kier alpha value is -2.35. The number of aromatic nitrogens is 1. The van der Waals surface area contributed by atoms with E-state index in [4.69, 9.17) is 4.74 Å². The maximum Gasteiger partial charge on any atom is 0.139 e. The molecule has 0 aliphatic heterocycles. The van der Waals surface area contributed by atoms with Gasteiger partial charge in [-0.05, 0) is 54.4 Å². The Morgan fingerprint density at radius 3 is 2.75 bits per heavy atom. The van der Waals surface area contributed by atoms with Crippen molar-refractivity contribution in [2.75, 3.05) is 0 Å². The maximum atomic E-state index is 6.85. The highest BCUT2D eigenvalue weighted by molar-refractivity contribution is 5.79. The van der Waals surface area contributed by atoms with Crippen LogP contribution in [0.2, 0.25) is 0 Å². The van der Waals surface area contributed by atoms with E-state index < -0.39 is 0 Å². The van der Waals surface area contributed by atoms with Gasteiger partial charge < -0.3 is 4.74 Å². The van der Waals surface area contributed by atoms with E-state index in [0.29, 0.717) is 5.92 Å². The summed E-state index contributed by atoms with van der Waals surface area (Å²) in [5.41, 5.74) is 3.91. The lowest BCUT2D eigenvalue weighted by Crippen LogP contribution is -2.31. The minimum absolute atomic E-state index is 0.137. The van der Waals surface area contributed by atoms with E-state index in [0.717, 1.165) is 28.5 Å². The lowest BCUT2D eigenvalue weighted by atomic mass is 9.71. The van der Waals surface area contributed by atoms with Crippen LogP contribution in [0.25, 0.3) is 10.9 Å². The molecule has 2 heteroatoms. The molecule has 1 saturated carbocycles. The number of nitrogens with zero attached hydrogens (tertiary/aromatic N) is 1. The SMILES string of the molecule is CCCCC1CCCCC(C2CCc3ccccc3C2Oc2cnc3ccccc3c2)C1. The molecule has 2 aromatic carbocycles. The molecule has 168 valence electrons. The predicted octanol–water partition coefficient (Wildman–Crippen LogP) is 8.30. The van der Waals surface area contributed by atoms with Crippen molar-refractivity contribution in [1.82, 2.24) is 4.98 Å². The molecule has 1 heterocycles. The third-order valence-corrected chi connectivity index (χ3v) is 7.97. The van der Waals surface area contributed by atoms with Crippen LogP contribution >= 0.6 is 0 Å². The van der Waals surface area contributed by atoms with Crippen molar-refractivity contribution in [3.8, 4) is 5.75 Å². The fourth-order valence-electron chi connectivity index (χ4n) is 6.29. The molecule has 0 radical (unpaired) electrons. The lowest BCUT2D eigenvalue weighted by Gasteiger charge is -2.39. The molecule has 0 N–H and O–H groups in total. The van der Waals surface area contributed by atoms with Crippen LogP contribution in [0.5, 0.6) is 5.75 Å². The summed E-state index contributed by atoms with van der Waals surface area (Å²) in [6, 6.07) is 19.5. The average Bonchev–Trinajstić information content (AvgIpc) is 3.08. The lowest BCUT2D eigenvalue weighted by molar-refractivity contribution is 0.0667. The van der Waals surface area contributed by atoms with Crippen LogP contribution < -0.4 is 4.74 Å². The molecular formula is C30H37NO. The molecule has 0 saturated heterocycles. The minimum atomic E-state index is 0.137. The Morgan fingerprint density at radius 1 is 0.969 bits per heavy atom. The van der Waals surface area contributed by atoms with Gasteiger partial charge in [0, 0.05) is 11.3 Å². The molecule has 4 unspecified atom stereocenters. The number of hydrogen-bond donors (Lipinski definition) is 0. The highest BCUT2D eigenvalue weighted by atomic mass is 16.5. The van der Waals surface area contributed by atoms with Gasteiger partial charge in [-0.3, -0.25) is 4.98 Å². The summed E-state index contributed by atoms with van der Waals surface area (Å²) in [6.07, 6.45) is 15.6. The highest BCUT2D eigenvalue weighted by Gasteiger charge is 2.37. The first-order chi connectivity index (χ1) is 15.8. The standard InChI is InChI=1S/C30H37NO/c1-2-3-10-22-11-4-5-13-24(19-22)28-18-17-23-12-6-8-15-27(23)30(28)32-26-20-25-14-7-9-16-29(25)31-21-26/h6-9,12,14-16,20-22,24,28,30H,2-5,10-11,13,17-19H2,1H3. The third-order valence-electron chi connectivity index (χ3n) is 7.97. The van der Waals surface area contributed by atoms with Crippen molar-refractivity contribution in [3.05, 3.63) is 71.9 Å². The quantitative estimate of drug-likeness (QED) is 0.369. The van der Waals surface area contributed by atoms with Crippen LogP contribution in [0.3, 0.4) is 0 Å². The molecule has 4 atom stereocenters. The zero-order valence-corrected chi connectivity index (χ0v) is 19.5. The molecule has 0 bridgehead atoms. The molecule has 0 spiro atoms. The van der Waals surface area contributed by atoms with Gasteiger partial charge in [0.15, 0.2) is 0 Å². The normalized spacial score (nSPS) is 25.8. The van der Waals surface area contributed by atoms with Gasteiger partial charge in [-0.2, -0.15) is 0 Å². The van der Waals surface area contributed by atoms with Crippen LogP contribution in [0, 0.1) is 17.8 Å². The molecule has 2 nitrogen and oxygen atoms in total. The van der Waals surface area contributed by atoms with Gasteiger partial charge in [-0.1, -0.05) is 94.3 Å². The number of hydrogen-bond acceptors (Lipinski definition) is 2. The Kier molecular flexibility index (Phi) is 6.76. The van der Waals surface area contributed by atoms with E-state index in [-0.39, 0.29) is 6.10 Å². The van der Waals surface area contributed by atoms with Crippen LogP contribution in [0.4, 0.5) is 0 Å². The molecule has 1 fully saturated rings.